The minimum Gasteiger partial charge on any atom is -0.386 e. The predicted molar refractivity (Wildman–Crippen MR) is 67.9 cm³/mol. The molecule has 0 aliphatic heterocycles. The Morgan fingerprint density at radius 3 is 2.70 bits per heavy atom. The molecule has 0 bridgehead atoms. The summed E-state index contributed by atoms with van der Waals surface area (Å²) in [5.74, 6) is 0.375. The molecule has 0 aliphatic rings. The molecule has 9 heteroatoms. The molecule has 0 aliphatic carbocycles. The topological polar surface area (TPSA) is 64.4 Å². The Hall–Kier alpha value is -1.51. The van der Waals surface area contributed by atoms with Gasteiger partial charge in [-0.05, 0) is 13.8 Å². The van der Waals surface area contributed by atoms with Gasteiger partial charge in [-0.2, -0.15) is 13.2 Å². The number of nitrogens with zero attached hydrogens (tertiary/aromatic N) is 3. The first kappa shape index (κ1) is 16.5. The van der Waals surface area contributed by atoms with Crippen molar-refractivity contribution in [2.75, 3.05) is 12.4 Å². The third kappa shape index (κ3) is 4.87. The van der Waals surface area contributed by atoms with Crippen LogP contribution in [0.25, 0.3) is 0 Å². The Bertz CT molecular complexity index is 532. The highest BCUT2D eigenvalue weighted by Gasteiger charge is 2.28. The van der Waals surface area contributed by atoms with Gasteiger partial charge in [0.2, 0.25) is 6.61 Å². The van der Waals surface area contributed by atoms with Crippen LogP contribution in [-0.2, 0) is 15.6 Å². The molecule has 0 fully saturated rings. The molecule has 0 amide bonds. The average Bonchev–Trinajstić information content (AvgIpc) is 2.36. The summed E-state index contributed by atoms with van der Waals surface area (Å²) in [6, 6.07) is 0. The van der Waals surface area contributed by atoms with Gasteiger partial charge in [0.05, 0.1) is 22.7 Å². The second-order valence-corrected chi connectivity index (χ2v) is 5.50. The minimum absolute atomic E-state index is 0.135. The van der Waals surface area contributed by atoms with Crippen LogP contribution in [0, 0.1) is 6.92 Å². The molecule has 1 atom stereocenters. The number of hydrogen-bond acceptors (Lipinski definition) is 5. The van der Waals surface area contributed by atoms with Crippen LogP contribution in [0.15, 0.2) is 16.4 Å². The molecule has 1 heterocycles. The summed E-state index contributed by atoms with van der Waals surface area (Å²) in [5, 5.41) is 3.63. The zero-order valence-corrected chi connectivity index (χ0v) is 12.0. The first-order valence-electron chi connectivity index (χ1n) is 5.70. The molecule has 0 spiro atoms. The molecule has 1 aromatic heterocycles. The van der Waals surface area contributed by atoms with Crippen LogP contribution in [0.3, 0.4) is 0 Å². The largest absolute Gasteiger partial charge is 0.425 e. The molecule has 112 valence electrons. The summed E-state index contributed by atoms with van der Waals surface area (Å²) in [7, 11) is -1.30. The van der Waals surface area contributed by atoms with Crippen molar-refractivity contribution in [3.05, 3.63) is 17.6 Å². The van der Waals surface area contributed by atoms with Crippen LogP contribution in [0.1, 0.15) is 25.2 Å². The molecule has 0 aromatic carbocycles. The van der Waals surface area contributed by atoms with E-state index < -0.39 is 23.6 Å². The van der Waals surface area contributed by atoms with E-state index in [0.717, 1.165) is 0 Å². The van der Waals surface area contributed by atoms with E-state index >= 15 is 0 Å². The van der Waals surface area contributed by atoms with Gasteiger partial charge < -0.3 is 4.84 Å². The number of hydrogen-bond donors (Lipinski definition) is 0. The lowest BCUT2D eigenvalue weighted by Crippen LogP contribution is -2.16. The van der Waals surface area contributed by atoms with Crippen molar-refractivity contribution in [1.29, 1.82) is 0 Å². The maximum absolute atomic E-state index is 11.9. The molecule has 0 N–H and O–H groups in total. The lowest BCUT2D eigenvalue weighted by molar-refractivity contribution is -0.173. The first-order valence-corrected chi connectivity index (χ1v) is 7.02. The molecular formula is C11H14F3N3O2S. The van der Waals surface area contributed by atoms with E-state index in [0.29, 0.717) is 16.5 Å². The van der Waals surface area contributed by atoms with E-state index in [4.69, 9.17) is 0 Å². The molecule has 20 heavy (non-hydrogen) atoms. The van der Waals surface area contributed by atoms with Crippen molar-refractivity contribution in [3.8, 4) is 0 Å². The molecule has 1 rings (SSSR count). The summed E-state index contributed by atoms with van der Waals surface area (Å²) >= 11 is 0. The van der Waals surface area contributed by atoms with E-state index in [9.17, 15) is 17.4 Å². The summed E-state index contributed by atoms with van der Waals surface area (Å²) in [5.41, 5.74) is 0.878. The highest BCUT2D eigenvalue weighted by Crippen LogP contribution is 2.15. The zero-order valence-electron chi connectivity index (χ0n) is 11.2. The van der Waals surface area contributed by atoms with Gasteiger partial charge in [0, 0.05) is 5.75 Å². The van der Waals surface area contributed by atoms with E-state index in [-0.39, 0.29) is 11.4 Å². The third-order valence-electron chi connectivity index (χ3n) is 2.19. The van der Waals surface area contributed by atoms with Crippen LogP contribution in [0.5, 0.6) is 0 Å². The molecule has 0 saturated heterocycles. The summed E-state index contributed by atoms with van der Waals surface area (Å²) < 4.78 is 47.5. The van der Waals surface area contributed by atoms with Crippen molar-refractivity contribution in [2.45, 2.75) is 32.0 Å². The number of aryl methyl sites for hydroxylation is 1. The quantitative estimate of drug-likeness (QED) is 0.618. The fourth-order valence-electron chi connectivity index (χ4n) is 1.21. The van der Waals surface area contributed by atoms with Gasteiger partial charge >= 0.3 is 6.18 Å². The second kappa shape index (κ2) is 6.78. The number of aromatic nitrogens is 2. The average molecular weight is 309 g/mol. The summed E-state index contributed by atoms with van der Waals surface area (Å²) in [4.78, 5) is 12.3. The van der Waals surface area contributed by atoms with Crippen molar-refractivity contribution >= 4 is 16.5 Å². The SMILES string of the molecule is CCS(=O)c1nc(/C(C)=N/OCC(F)(F)F)cnc1C. The van der Waals surface area contributed by atoms with E-state index in [2.05, 4.69) is 20.0 Å². The van der Waals surface area contributed by atoms with Gasteiger partial charge in [0.25, 0.3) is 0 Å². The van der Waals surface area contributed by atoms with Crippen molar-refractivity contribution in [1.82, 2.24) is 9.97 Å². The Kier molecular flexibility index (Phi) is 5.61. The fraction of sp³-hybridized carbons (Fsp3) is 0.545. The van der Waals surface area contributed by atoms with Gasteiger partial charge in [0.15, 0.2) is 0 Å². The van der Waals surface area contributed by atoms with Crippen molar-refractivity contribution in [2.24, 2.45) is 5.16 Å². The monoisotopic (exact) mass is 309 g/mol. The lowest BCUT2D eigenvalue weighted by atomic mass is 10.3. The minimum atomic E-state index is -4.45. The third-order valence-corrected chi connectivity index (χ3v) is 3.53. The Balaban J connectivity index is 2.91. The van der Waals surface area contributed by atoms with Gasteiger partial charge in [0.1, 0.15) is 16.4 Å². The van der Waals surface area contributed by atoms with Gasteiger partial charge in [-0.25, -0.2) is 4.98 Å². The van der Waals surface area contributed by atoms with E-state index in [1.807, 2.05) is 0 Å². The Morgan fingerprint density at radius 2 is 2.15 bits per heavy atom. The maximum atomic E-state index is 11.9. The highest BCUT2D eigenvalue weighted by molar-refractivity contribution is 7.84. The summed E-state index contributed by atoms with van der Waals surface area (Å²) in [6.45, 7) is 3.36. The molecule has 1 unspecified atom stereocenters. The van der Waals surface area contributed by atoms with Crippen molar-refractivity contribution in [3.63, 3.8) is 0 Å². The number of alkyl halides is 3. The smallest absolute Gasteiger partial charge is 0.386 e. The molecule has 0 saturated carbocycles. The Labute approximate surface area is 116 Å². The highest BCUT2D eigenvalue weighted by atomic mass is 32.2. The van der Waals surface area contributed by atoms with E-state index in [1.165, 1.54) is 13.1 Å². The van der Waals surface area contributed by atoms with Crippen LogP contribution in [-0.4, -0.2) is 38.4 Å². The number of oxime groups is 1. The predicted octanol–water partition coefficient (Wildman–Crippen LogP) is 2.22. The van der Waals surface area contributed by atoms with Gasteiger partial charge in [-0.3, -0.25) is 9.19 Å². The Morgan fingerprint density at radius 1 is 1.50 bits per heavy atom. The molecule has 1 aromatic rings. The normalized spacial score (nSPS) is 14.2. The number of rotatable bonds is 5. The maximum Gasteiger partial charge on any atom is 0.425 e. The number of halogens is 3. The fourth-order valence-corrected chi connectivity index (χ4v) is 2.06. The van der Waals surface area contributed by atoms with Crippen LogP contribution >= 0.6 is 0 Å². The van der Waals surface area contributed by atoms with Gasteiger partial charge in [-0.15, -0.1) is 0 Å². The molecular weight excluding hydrogens is 295 g/mol. The van der Waals surface area contributed by atoms with Crippen LogP contribution in [0.2, 0.25) is 0 Å². The molecule has 5 nitrogen and oxygen atoms in total. The second-order valence-electron chi connectivity index (χ2n) is 3.85. The van der Waals surface area contributed by atoms with E-state index in [1.54, 1.807) is 13.8 Å². The lowest BCUT2D eigenvalue weighted by Gasteiger charge is -2.07. The van der Waals surface area contributed by atoms with Crippen LogP contribution in [0.4, 0.5) is 13.2 Å². The summed E-state index contributed by atoms with van der Waals surface area (Å²) in [6.07, 6.45) is -3.10. The van der Waals surface area contributed by atoms with Gasteiger partial charge in [-0.1, -0.05) is 12.1 Å². The standard InChI is InChI=1S/C11H14F3N3O2S/c1-4-20(18)10-8(3)15-5-9(16-10)7(2)17-19-6-11(12,13)14/h5H,4,6H2,1-3H3/b17-7+. The molecule has 0 radical (unpaired) electrons. The zero-order chi connectivity index (χ0) is 15.3. The van der Waals surface area contributed by atoms with Crippen molar-refractivity contribution < 1.29 is 22.2 Å². The van der Waals surface area contributed by atoms with Crippen LogP contribution < -0.4 is 0 Å². The first-order chi connectivity index (χ1) is 9.24.